The van der Waals surface area contributed by atoms with Crippen LogP contribution in [0.5, 0.6) is 0 Å². The van der Waals surface area contributed by atoms with Gasteiger partial charge in [0.2, 0.25) is 0 Å². The number of aryl methyl sites for hydroxylation is 1. The van der Waals surface area contributed by atoms with Gasteiger partial charge in [0.1, 0.15) is 5.69 Å². The highest BCUT2D eigenvalue weighted by molar-refractivity contribution is 7.92. The van der Waals surface area contributed by atoms with Crippen molar-refractivity contribution >= 4 is 38.1 Å². The zero-order valence-electron chi connectivity index (χ0n) is 16.4. The Morgan fingerprint density at radius 3 is 2.35 bits per heavy atom. The number of nitrogens with zero attached hydrogens (tertiary/aromatic N) is 2. The van der Waals surface area contributed by atoms with Gasteiger partial charge in [-0.1, -0.05) is 23.8 Å². The van der Waals surface area contributed by atoms with Crippen LogP contribution in [0.4, 0.5) is 10.8 Å². The van der Waals surface area contributed by atoms with Crippen LogP contribution >= 0.6 is 11.3 Å². The van der Waals surface area contributed by atoms with Crippen molar-refractivity contribution in [3.8, 4) is 11.4 Å². The van der Waals surface area contributed by atoms with Crippen molar-refractivity contribution in [2.75, 3.05) is 10.0 Å². The molecule has 0 saturated carbocycles. The van der Waals surface area contributed by atoms with E-state index in [9.17, 15) is 13.2 Å². The lowest BCUT2D eigenvalue weighted by atomic mass is 10.2. The average molecular weight is 451 g/mol. The van der Waals surface area contributed by atoms with Crippen LogP contribution in [-0.4, -0.2) is 24.3 Å². The van der Waals surface area contributed by atoms with Crippen LogP contribution in [-0.2, 0) is 10.0 Å². The van der Waals surface area contributed by atoms with Gasteiger partial charge in [-0.2, -0.15) is 0 Å². The fourth-order valence-electron chi connectivity index (χ4n) is 2.75. The molecule has 2 N–H and O–H groups in total. The van der Waals surface area contributed by atoms with E-state index >= 15 is 0 Å². The van der Waals surface area contributed by atoms with Crippen LogP contribution in [0.1, 0.15) is 15.9 Å². The van der Waals surface area contributed by atoms with Crippen LogP contribution in [0.25, 0.3) is 11.4 Å². The van der Waals surface area contributed by atoms with Crippen LogP contribution in [0, 0.1) is 6.92 Å². The van der Waals surface area contributed by atoms with Crippen molar-refractivity contribution in [1.82, 2.24) is 9.97 Å². The van der Waals surface area contributed by atoms with Crippen molar-refractivity contribution in [1.29, 1.82) is 0 Å². The molecule has 2 aromatic carbocycles. The summed E-state index contributed by atoms with van der Waals surface area (Å²) < 4.78 is 27.5. The van der Waals surface area contributed by atoms with Crippen molar-refractivity contribution in [2.24, 2.45) is 0 Å². The number of benzene rings is 2. The minimum absolute atomic E-state index is 0.174. The maximum atomic E-state index is 12.5. The van der Waals surface area contributed by atoms with Crippen LogP contribution in [0.15, 0.2) is 83.2 Å². The Balaban J connectivity index is 1.43. The minimum atomic E-state index is -3.70. The molecule has 0 fully saturated rings. The molecule has 2 heterocycles. The first kappa shape index (κ1) is 20.7. The molecule has 0 atom stereocenters. The molecule has 0 aliphatic rings. The van der Waals surface area contributed by atoms with Gasteiger partial charge in [0, 0.05) is 22.8 Å². The smallest absolute Gasteiger partial charge is 0.261 e. The molecule has 156 valence electrons. The summed E-state index contributed by atoms with van der Waals surface area (Å²) in [6.07, 6.45) is 1.68. The van der Waals surface area contributed by atoms with Gasteiger partial charge in [0.15, 0.2) is 5.13 Å². The summed E-state index contributed by atoms with van der Waals surface area (Å²) in [5, 5.41) is 5.02. The molecule has 0 spiro atoms. The first-order chi connectivity index (χ1) is 14.9. The second-order valence-corrected chi connectivity index (χ2v) is 9.24. The Kier molecular flexibility index (Phi) is 5.79. The molecule has 4 aromatic rings. The number of rotatable bonds is 6. The zero-order chi connectivity index (χ0) is 21.8. The highest BCUT2D eigenvalue weighted by Crippen LogP contribution is 2.24. The summed E-state index contributed by atoms with van der Waals surface area (Å²) >= 11 is 1.30. The highest BCUT2D eigenvalue weighted by Gasteiger charge is 2.15. The van der Waals surface area contributed by atoms with Gasteiger partial charge in [-0.3, -0.25) is 19.8 Å². The Bertz CT molecular complexity index is 1300. The van der Waals surface area contributed by atoms with E-state index in [4.69, 9.17) is 0 Å². The number of anilines is 2. The second-order valence-electron chi connectivity index (χ2n) is 6.70. The van der Waals surface area contributed by atoms with Gasteiger partial charge in [-0.15, -0.1) is 11.3 Å². The Morgan fingerprint density at radius 1 is 0.935 bits per heavy atom. The Morgan fingerprint density at radius 2 is 1.68 bits per heavy atom. The van der Waals surface area contributed by atoms with Crippen LogP contribution < -0.4 is 10.0 Å². The fourth-order valence-corrected chi connectivity index (χ4v) is 4.51. The third kappa shape index (κ3) is 4.96. The van der Waals surface area contributed by atoms with Gasteiger partial charge in [0.25, 0.3) is 15.9 Å². The van der Waals surface area contributed by atoms with E-state index in [0.29, 0.717) is 22.1 Å². The predicted molar refractivity (Wildman–Crippen MR) is 122 cm³/mol. The molecular formula is C22H18N4O3S2. The molecule has 2 aromatic heterocycles. The SMILES string of the molecule is Cc1ccc(S(=O)(=O)Nc2ccc(C(=O)Nc3nc(-c4ccccn4)cs3)cc2)cc1. The quantitative estimate of drug-likeness (QED) is 0.448. The second kappa shape index (κ2) is 8.66. The summed E-state index contributed by atoms with van der Waals surface area (Å²) in [5.41, 5.74) is 3.13. The average Bonchev–Trinajstić information content (AvgIpc) is 3.23. The lowest BCUT2D eigenvalue weighted by molar-refractivity contribution is 0.102. The van der Waals surface area contributed by atoms with Crippen molar-refractivity contribution in [3.63, 3.8) is 0 Å². The molecule has 0 unspecified atom stereocenters. The molecule has 0 aliphatic carbocycles. The Labute approximate surface area is 183 Å². The molecule has 7 nitrogen and oxygen atoms in total. The number of hydrogen-bond donors (Lipinski definition) is 2. The van der Waals surface area contributed by atoms with Gasteiger partial charge in [-0.25, -0.2) is 13.4 Å². The largest absolute Gasteiger partial charge is 0.298 e. The van der Waals surface area contributed by atoms with E-state index in [2.05, 4.69) is 20.0 Å². The first-order valence-electron chi connectivity index (χ1n) is 9.28. The Hall–Kier alpha value is -3.56. The summed E-state index contributed by atoms with van der Waals surface area (Å²) in [7, 11) is -3.70. The molecular weight excluding hydrogens is 432 g/mol. The maximum absolute atomic E-state index is 12.5. The lowest BCUT2D eigenvalue weighted by Gasteiger charge is -2.09. The van der Waals surface area contributed by atoms with Crippen molar-refractivity contribution < 1.29 is 13.2 Å². The van der Waals surface area contributed by atoms with E-state index in [1.807, 2.05) is 30.5 Å². The molecule has 9 heteroatoms. The summed E-state index contributed by atoms with van der Waals surface area (Å²) in [4.78, 5) is 21.3. The van der Waals surface area contributed by atoms with Crippen molar-refractivity contribution in [3.05, 3.63) is 89.4 Å². The minimum Gasteiger partial charge on any atom is -0.298 e. The number of sulfonamides is 1. The van der Waals surface area contributed by atoms with Crippen molar-refractivity contribution in [2.45, 2.75) is 11.8 Å². The fraction of sp³-hybridized carbons (Fsp3) is 0.0455. The van der Waals surface area contributed by atoms with Gasteiger partial charge in [0.05, 0.1) is 10.6 Å². The van der Waals surface area contributed by atoms with Gasteiger partial charge < -0.3 is 0 Å². The number of nitrogens with one attached hydrogen (secondary N) is 2. The third-order valence-corrected chi connectivity index (χ3v) is 6.54. The number of carbonyl (C=O) groups is 1. The van der Waals surface area contributed by atoms with Crippen LogP contribution in [0.3, 0.4) is 0 Å². The van der Waals surface area contributed by atoms with E-state index < -0.39 is 10.0 Å². The zero-order valence-corrected chi connectivity index (χ0v) is 18.1. The number of pyridine rings is 1. The van der Waals surface area contributed by atoms with Gasteiger partial charge in [-0.05, 0) is 55.5 Å². The molecule has 31 heavy (non-hydrogen) atoms. The van der Waals surface area contributed by atoms with E-state index in [0.717, 1.165) is 11.3 Å². The monoisotopic (exact) mass is 450 g/mol. The predicted octanol–water partition coefficient (Wildman–Crippen LogP) is 4.57. The normalized spacial score (nSPS) is 11.1. The third-order valence-electron chi connectivity index (χ3n) is 4.38. The maximum Gasteiger partial charge on any atom is 0.261 e. The molecule has 4 rings (SSSR count). The summed E-state index contributed by atoms with van der Waals surface area (Å²) in [5.74, 6) is -0.338. The van der Waals surface area contributed by atoms with E-state index in [-0.39, 0.29) is 10.8 Å². The number of thiazole rings is 1. The van der Waals surface area contributed by atoms with Gasteiger partial charge >= 0.3 is 0 Å². The molecule has 0 aliphatic heterocycles. The molecule has 1 amide bonds. The number of aromatic nitrogens is 2. The standard InChI is InChI=1S/C22H18N4O3S2/c1-15-5-11-18(12-6-15)31(28,29)26-17-9-7-16(8-10-17)21(27)25-22-24-20(14-30-22)19-4-2-3-13-23-19/h2-14,26H,1H3,(H,24,25,27). The summed E-state index contributed by atoms with van der Waals surface area (Å²) in [6.45, 7) is 1.89. The summed E-state index contributed by atoms with van der Waals surface area (Å²) in [6, 6.07) is 18.3. The van der Waals surface area contributed by atoms with E-state index in [1.165, 1.54) is 11.3 Å². The number of carbonyl (C=O) groups excluding carboxylic acids is 1. The van der Waals surface area contributed by atoms with E-state index in [1.54, 1.807) is 54.7 Å². The highest BCUT2D eigenvalue weighted by atomic mass is 32.2. The number of amides is 1. The molecule has 0 radical (unpaired) electrons. The first-order valence-corrected chi connectivity index (χ1v) is 11.6. The topological polar surface area (TPSA) is 101 Å². The molecule has 0 bridgehead atoms. The van der Waals surface area contributed by atoms with Crippen LogP contribution in [0.2, 0.25) is 0 Å². The lowest BCUT2D eigenvalue weighted by Crippen LogP contribution is -2.14. The molecule has 0 saturated heterocycles. The number of hydrogen-bond acceptors (Lipinski definition) is 6.